The summed E-state index contributed by atoms with van der Waals surface area (Å²) in [6.45, 7) is 1.58. The van der Waals surface area contributed by atoms with E-state index in [9.17, 15) is 4.39 Å². The summed E-state index contributed by atoms with van der Waals surface area (Å²) in [5, 5.41) is 9.18. The molecular weight excluding hydrogens is 324 g/mol. The number of benzene rings is 2. The number of hydrogen-bond donors (Lipinski definition) is 0. The first-order chi connectivity index (χ1) is 9.45. The lowest BCUT2D eigenvalue weighted by Gasteiger charge is -2.13. The summed E-state index contributed by atoms with van der Waals surface area (Å²) in [4.78, 5) is 0. The van der Waals surface area contributed by atoms with Gasteiger partial charge in [-0.25, -0.2) is 4.39 Å². The Morgan fingerprint density at radius 2 is 1.65 bits per heavy atom. The zero-order valence-corrected chi connectivity index (χ0v) is 12.4. The molecule has 0 spiro atoms. The highest BCUT2D eigenvalue weighted by Gasteiger charge is 2.18. The average Bonchev–Trinajstić information content (AvgIpc) is 2.42. The maximum Gasteiger partial charge on any atom is 0.182 e. The van der Waals surface area contributed by atoms with Crippen molar-refractivity contribution in [3.63, 3.8) is 0 Å². The predicted molar refractivity (Wildman–Crippen MR) is 77.4 cm³/mol. The van der Waals surface area contributed by atoms with E-state index in [1.807, 2.05) is 6.07 Å². The summed E-state index contributed by atoms with van der Waals surface area (Å²) >= 11 is 17.9. The molecule has 0 radical (unpaired) electrons. The standard InChI is InChI=1S/C14H7Cl3FNO/c1-7-2-4-10(16)14(12(7)18)20-13-9(15)5-3-8(6-19)11(13)17/h2-5H,1H3. The van der Waals surface area contributed by atoms with Gasteiger partial charge in [0.05, 0.1) is 15.6 Å². The van der Waals surface area contributed by atoms with Gasteiger partial charge in [-0.15, -0.1) is 0 Å². The lowest BCUT2D eigenvalue weighted by Crippen LogP contribution is -1.94. The summed E-state index contributed by atoms with van der Waals surface area (Å²) in [7, 11) is 0. The highest BCUT2D eigenvalue weighted by atomic mass is 35.5. The first-order valence-electron chi connectivity index (χ1n) is 5.46. The molecule has 0 N–H and O–H groups in total. The van der Waals surface area contributed by atoms with Crippen LogP contribution in [0.25, 0.3) is 0 Å². The van der Waals surface area contributed by atoms with Crippen LogP contribution < -0.4 is 4.74 Å². The molecule has 6 heteroatoms. The Hall–Kier alpha value is -1.47. The Morgan fingerprint density at radius 3 is 2.30 bits per heavy atom. The molecule has 0 aromatic heterocycles. The molecule has 0 fully saturated rings. The van der Waals surface area contributed by atoms with Crippen molar-refractivity contribution in [2.24, 2.45) is 0 Å². The number of ether oxygens (including phenoxy) is 1. The van der Waals surface area contributed by atoms with Crippen LogP contribution in [0.3, 0.4) is 0 Å². The van der Waals surface area contributed by atoms with Crippen molar-refractivity contribution < 1.29 is 9.13 Å². The third-order valence-corrected chi connectivity index (χ3v) is 3.59. The predicted octanol–water partition coefficient (Wildman–Crippen LogP) is 5.76. The number of nitriles is 1. The van der Waals surface area contributed by atoms with E-state index in [-0.39, 0.29) is 32.1 Å². The molecule has 0 aliphatic rings. The Balaban J connectivity index is 2.57. The van der Waals surface area contributed by atoms with Crippen LogP contribution in [0.4, 0.5) is 4.39 Å². The topological polar surface area (TPSA) is 33.0 Å². The van der Waals surface area contributed by atoms with Crippen LogP contribution in [0.15, 0.2) is 24.3 Å². The van der Waals surface area contributed by atoms with E-state index in [1.165, 1.54) is 24.3 Å². The zero-order chi connectivity index (χ0) is 14.9. The highest BCUT2D eigenvalue weighted by molar-refractivity contribution is 6.38. The molecule has 0 amide bonds. The van der Waals surface area contributed by atoms with Crippen LogP contribution in [-0.2, 0) is 0 Å². The van der Waals surface area contributed by atoms with E-state index in [2.05, 4.69) is 0 Å². The van der Waals surface area contributed by atoms with Gasteiger partial charge in [-0.05, 0) is 30.7 Å². The average molecular weight is 331 g/mol. The van der Waals surface area contributed by atoms with Crippen molar-refractivity contribution in [3.05, 3.63) is 56.3 Å². The molecule has 2 aromatic rings. The summed E-state index contributed by atoms with van der Waals surface area (Å²) in [5.41, 5.74) is 0.545. The second-order valence-corrected chi connectivity index (χ2v) is 5.15. The Bertz CT molecular complexity index is 725. The molecule has 2 nitrogen and oxygen atoms in total. The number of rotatable bonds is 2. The van der Waals surface area contributed by atoms with Crippen LogP contribution in [-0.4, -0.2) is 0 Å². The van der Waals surface area contributed by atoms with Gasteiger partial charge < -0.3 is 4.74 Å². The van der Waals surface area contributed by atoms with Gasteiger partial charge in [-0.3, -0.25) is 0 Å². The molecule has 0 bridgehead atoms. The molecule has 0 unspecified atom stereocenters. The smallest absolute Gasteiger partial charge is 0.182 e. The first kappa shape index (κ1) is 14.9. The molecule has 0 aliphatic carbocycles. The minimum absolute atomic E-state index is 0.00113. The summed E-state index contributed by atoms with van der Waals surface area (Å²) < 4.78 is 19.4. The van der Waals surface area contributed by atoms with Gasteiger partial charge in [0.1, 0.15) is 11.1 Å². The minimum atomic E-state index is -0.605. The van der Waals surface area contributed by atoms with Crippen molar-refractivity contribution in [3.8, 4) is 17.6 Å². The van der Waals surface area contributed by atoms with Crippen molar-refractivity contribution in [2.45, 2.75) is 6.92 Å². The Kier molecular flexibility index (Phi) is 4.39. The molecule has 0 saturated heterocycles. The summed E-state index contributed by atoms with van der Waals surface area (Å²) in [6.07, 6.45) is 0. The van der Waals surface area contributed by atoms with Gasteiger partial charge in [0.2, 0.25) is 0 Å². The molecule has 0 aliphatic heterocycles. The SMILES string of the molecule is Cc1ccc(Cl)c(Oc2c(Cl)ccc(C#N)c2Cl)c1F. The van der Waals surface area contributed by atoms with Crippen LogP contribution >= 0.6 is 34.8 Å². The summed E-state index contributed by atoms with van der Waals surface area (Å²) in [6, 6.07) is 7.82. The normalized spacial score (nSPS) is 10.2. The van der Waals surface area contributed by atoms with Crippen molar-refractivity contribution in [1.29, 1.82) is 5.26 Å². The molecule has 2 aromatic carbocycles. The van der Waals surface area contributed by atoms with E-state index in [0.717, 1.165) is 0 Å². The minimum Gasteiger partial charge on any atom is -0.449 e. The van der Waals surface area contributed by atoms with Crippen LogP contribution in [0.2, 0.25) is 15.1 Å². The van der Waals surface area contributed by atoms with Gasteiger partial charge in [0.15, 0.2) is 17.3 Å². The van der Waals surface area contributed by atoms with Crippen molar-refractivity contribution >= 4 is 34.8 Å². The maximum atomic E-state index is 14.0. The molecule has 20 heavy (non-hydrogen) atoms. The molecular formula is C14H7Cl3FNO. The molecule has 0 atom stereocenters. The van der Waals surface area contributed by atoms with Crippen molar-refractivity contribution in [2.75, 3.05) is 0 Å². The molecule has 2 rings (SSSR count). The van der Waals surface area contributed by atoms with E-state index in [0.29, 0.717) is 5.56 Å². The van der Waals surface area contributed by atoms with E-state index < -0.39 is 5.82 Å². The second-order valence-electron chi connectivity index (χ2n) is 3.96. The fourth-order valence-corrected chi connectivity index (χ4v) is 2.21. The monoisotopic (exact) mass is 329 g/mol. The number of hydrogen-bond acceptors (Lipinski definition) is 2. The van der Waals surface area contributed by atoms with Gasteiger partial charge in [-0.2, -0.15) is 5.26 Å². The Labute approximate surface area is 130 Å². The van der Waals surface area contributed by atoms with Crippen LogP contribution in [0.5, 0.6) is 11.5 Å². The fraction of sp³-hybridized carbons (Fsp3) is 0.0714. The third-order valence-electron chi connectivity index (χ3n) is 2.62. The lowest BCUT2D eigenvalue weighted by atomic mass is 10.2. The quantitative estimate of drug-likeness (QED) is 0.701. The van der Waals surface area contributed by atoms with E-state index in [4.69, 9.17) is 44.8 Å². The fourth-order valence-electron chi connectivity index (χ4n) is 1.54. The second kappa shape index (κ2) is 5.88. The molecule has 0 heterocycles. The first-order valence-corrected chi connectivity index (χ1v) is 6.59. The Morgan fingerprint density at radius 1 is 1.05 bits per heavy atom. The van der Waals surface area contributed by atoms with E-state index in [1.54, 1.807) is 6.92 Å². The number of nitrogens with zero attached hydrogens (tertiary/aromatic N) is 1. The molecule has 102 valence electrons. The van der Waals surface area contributed by atoms with Gasteiger partial charge in [0, 0.05) is 0 Å². The zero-order valence-electron chi connectivity index (χ0n) is 10.2. The lowest BCUT2D eigenvalue weighted by molar-refractivity contribution is 0.440. The number of aryl methyl sites for hydroxylation is 1. The maximum absolute atomic E-state index is 14.0. The van der Waals surface area contributed by atoms with Gasteiger partial charge in [0.25, 0.3) is 0 Å². The largest absolute Gasteiger partial charge is 0.449 e. The van der Waals surface area contributed by atoms with Crippen molar-refractivity contribution in [1.82, 2.24) is 0 Å². The highest BCUT2D eigenvalue weighted by Crippen LogP contribution is 2.41. The molecule has 0 saturated carbocycles. The van der Waals surface area contributed by atoms with E-state index >= 15 is 0 Å². The summed E-state index contributed by atoms with van der Waals surface area (Å²) in [5.74, 6) is -0.781. The number of halogens is 4. The van der Waals surface area contributed by atoms with Crippen LogP contribution in [0.1, 0.15) is 11.1 Å². The van der Waals surface area contributed by atoms with Gasteiger partial charge >= 0.3 is 0 Å². The third kappa shape index (κ3) is 2.69. The van der Waals surface area contributed by atoms with Crippen LogP contribution in [0, 0.1) is 24.1 Å². The van der Waals surface area contributed by atoms with Gasteiger partial charge in [-0.1, -0.05) is 40.9 Å².